The minimum Gasteiger partial charge on any atom is -0.143 e. The van der Waals surface area contributed by atoms with Crippen LogP contribution in [0.25, 0.3) is 48.8 Å². The second-order valence-corrected chi connectivity index (χ2v) is 15.3. The molecule has 0 saturated carbocycles. The Kier molecular flexibility index (Phi) is 6.69. The van der Waals surface area contributed by atoms with Crippen molar-refractivity contribution in [3.8, 4) is 48.8 Å². The molecule has 0 aliphatic rings. The summed E-state index contributed by atoms with van der Waals surface area (Å²) >= 11 is 11.4. The number of thiophene rings is 6. The summed E-state index contributed by atoms with van der Waals surface area (Å²) in [4.78, 5) is 15.1. The van der Waals surface area contributed by atoms with Gasteiger partial charge in [-0.1, -0.05) is 26.8 Å². The summed E-state index contributed by atoms with van der Waals surface area (Å²) in [7, 11) is 0. The molecule has 6 aromatic heterocycles. The van der Waals surface area contributed by atoms with Crippen molar-refractivity contribution in [2.24, 2.45) is 5.92 Å². The molecule has 0 bridgehead atoms. The van der Waals surface area contributed by atoms with Gasteiger partial charge in [0.15, 0.2) is 0 Å². The van der Waals surface area contributed by atoms with Gasteiger partial charge in [0, 0.05) is 53.6 Å². The topological polar surface area (TPSA) is 0 Å². The molecular weight excluding hydrogens is 541 g/mol. The van der Waals surface area contributed by atoms with E-state index in [4.69, 9.17) is 0 Å². The molecule has 0 aromatic carbocycles. The fourth-order valence-electron chi connectivity index (χ4n) is 3.89. The SMILES string of the molecule is CC(C)C(C)c1ccc(-c2ccc(-c3ccc(-c4ccc(-c5ccc(-c6cccs6)s5)s4)s3)s2)s1. The molecule has 6 rings (SSSR count). The Morgan fingerprint density at radius 3 is 1.17 bits per heavy atom. The van der Waals surface area contributed by atoms with Gasteiger partial charge in [-0.15, -0.1) is 68.0 Å². The van der Waals surface area contributed by atoms with Crippen LogP contribution >= 0.6 is 68.0 Å². The molecule has 176 valence electrons. The van der Waals surface area contributed by atoms with Crippen molar-refractivity contribution in [3.63, 3.8) is 0 Å². The molecule has 6 heteroatoms. The van der Waals surface area contributed by atoms with Gasteiger partial charge < -0.3 is 0 Å². The van der Waals surface area contributed by atoms with Crippen molar-refractivity contribution in [2.45, 2.75) is 26.7 Å². The summed E-state index contributed by atoms with van der Waals surface area (Å²) in [6, 6.07) is 27.2. The highest BCUT2D eigenvalue weighted by Gasteiger charge is 2.16. The molecule has 0 nitrogen and oxygen atoms in total. The summed E-state index contributed by atoms with van der Waals surface area (Å²) in [5.41, 5.74) is 0. The molecule has 6 heterocycles. The fraction of sp³-hybridized carbons (Fsp3) is 0.172. The van der Waals surface area contributed by atoms with Gasteiger partial charge in [0.25, 0.3) is 0 Å². The van der Waals surface area contributed by atoms with Crippen LogP contribution in [0.3, 0.4) is 0 Å². The van der Waals surface area contributed by atoms with E-state index in [2.05, 4.69) is 98.9 Å². The van der Waals surface area contributed by atoms with E-state index >= 15 is 0 Å². The van der Waals surface area contributed by atoms with E-state index in [1.807, 2.05) is 68.0 Å². The molecular formula is C29H24S6. The highest BCUT2D eigenvalue weighted by Crippen LogP contribution is 2.46. The minimum absolute atomic E-state index is 0.611. The van der Waals surface area contributed by atoms with Crippen LogP contribution in [0.15, 0.2) is 78.2 Å². The van der Waals surface area contributed by atoms with Crippen LogP contribution in [-0.2, 0) is 0 Å². The van der Waals surface area contributed by atoms with E-state index in [0.29, 0.717) is 11.8 Å². The van der Waals surface area contributed by atoms with E-state index in [1.165, 1.54) is 53.6 Å². The van der Waals surface area contributed by atoms with Gasteiger partial charge in [-0.05, 0) is 83.9 Å². The van der Waals surface area contributed by atoms with E-state index in [0.717, 1.165) is 0 Å². The summed E-state index contributed by atoms with van der Waals surface area (Å²) in [5, 5.41) is 2.15. The van der Waals surface area contributed by atoms with E-state index in [1.54, 1.807) is 0 Å². The third-order valence-electron chi connectivity index (χ3n) is 6.23. The van der Waals surface area contributed by atoms with Crippen molar-refractivity contribution < 1.29 is 0 Å². The Morgan fingerprint density at radius 2 is 0.800 bits per heavy atom. The smallest absolute Gasteiger partial charge is 0.0449 e. The quantitative estimate of drug-likeness (QED) is 0.181. The molecule has 35 heavy (non-hydrogen) atoms. The predicted octanol–water partition coefficient (Wildman–Crippen LogP) is 12.2. The standard InChI is InChI=1S/C29H24S6/c1-17(2)18(3)19-6-7-22(31-19)23-10-11-26(33-23)27-14-15-29(35-27)28-13-12-25(34-28)24-9-8-21(32-24)20-5-4-16-30-20/h4-18H,1-3H3. The zero-order chi connectivity index (χ0) is 23.9. The Hall–Kier alpha value is -1.80. The Bertz CT molecular complexity index is 1550. The highest BCUT2D eigenvalue weighted by atomic mass is 32.1. The normalized spacial score (nSPS) is 12.6. The van der Waals surface area contributed by atoms with Crippen LogP contribution in [0.4, 0.5) is 0 Å². The van der Waals surface area contributed by atoms with Crippen molar-refractivity contribution in [1.29, 1.82) is 0 Å². The summed E-state index contributed by atoms with van der Waals surface area (Å²) < 4.78 is 0. The Morgan fingerprint density at radius 1 is 0.429 bits per heavy atom. The third-order valence-corrected chi connectivity index (χ3v) is 13.7. The van der Waals surface area contributed by atoms with Gasteiger partial charge in [-0.2, -0.15) is 0 Å². The van der Waals surface area contributed by atoms with Crippen LogP contribution in [0.1, 0.15) is 31.6 Å². The maximum Gasteiger partial charge on any atom is 0.0449 e. The van der Waals surface area contributed by atoms with Crippen LogP contribution in [0.2, 0.25) is 0 Å². The van der Waals surface area contributed by atoms with Crippen LogP contribution in [-0.4, -0.2) is 0 Å². The van der Waals surface area contributed by atoms with E-state index in [-0.39, 0.29) is 0 Å². The van der Waals surface area contributed by atoms with Crippen molar-refractivity contribution in [1.82, 2.24) is 0 Å². The lowest BCUT2D eigenvalue weighted by atomic mass is 9.97. The average Bonchev–Trinajstić information content (AvgIpc) is 3.69. The molecule has 0 fully saturated rings. The molecule has 0 spiro atoms. The average molecular weight is 565 g/mol. The Balaban J connectivity index is 1.21. The zero-order valence-corrected chi connectivity index (χ0v) is 24.5. The molecule has 0 aliphatic carbocycles. The van der Waals surface area contributed by atoms with Crippen LogP contribution in [0, 0.1) is 5.92 Å². The molecule has 0 amide bonds. The minimum atomic E-state index is 0.611. The number of hydrogen-bond acceptors (Lipinski definition) is 6. The number of hydrogen-bond donors (Lipinski definition) is 0. The lowest BCUT2D eigenvalue weighted by Gasteiger charge is -2.12. The molecule has 0 aliphatic heterocycles. The first kappa shape index (κ1) is 23.6. The van der Waals surface area contributed by atoms with Crippen LogP contribution < -0.4 is 0 Å². The van der Waals surface area contributed by atoms with Gasteiger partial charge >= 0.3 is 0 Å². The fourth-order valence-corrected chi connectivity index (χ4v) is 10.3. The maximum atomic E-state index is 2.34. The first-order valence-corrected chi connectivity index (χ1v) is 16.6. The predicted molar refractivity (Wildman–Crippen MR) is 164 cm³/mol. The zero-order valence-electron chi connectivity index (χ0n) is 19.6. The molecule has 0 N–H and O–H groups in total. The second-order valence-electron chi connectivity index (χ2n) is 8.87. The number of rotatable bonds is 7. The Labute approximate surface area is 230 Å². The monoisotopic (exact) mass is 564 g/mol. The van der Waals surface area contributed by atoms with Crippen LogP contribution in [0.5, 0.6) is 0 Å². The largest absolute Gasteiger partial charge is 0.143 e. The van der Waals surface area contributed by atoms with Crippen molar-refractivity contribution in [2.75, 3.05) is 0 Å². The van der Waals surface area contributed by atoms with Gasteiger partial charge in [0.05, 0.1) is 0 Å². The lowest BCUT2D eigenvalue weighted by Crippen LogP contribution is -1.98. The summed E-state index contributed by atoms with van der Waals surface area (Å²) in [6.45, 7) is 6.95. The molecule has 0 saturated heterocycles. The van der Waals surface area contributed by atoms with E-state index in [9.17, 15) is 0 Å². The van der Waals surface area contributed by atoms with Gasteiger partial charge in [-0.3, -0.25) is 0 Å². The lowest BCUT2D eigenvalue weighted by molar-refractivity contribution is 0.542. The molecule has 0 radical (unpaired) electrons. The second kappa shape index (κ2) is 9.92. The van der Waals surface area contributed by atoms with Gasteiger partial charge in [0.2, 0.25) is 0 Å². The first-order valence-electron chi connectivity index (χ1n) is 11.6. The maximum absolute atomic E-state index is 2.34. The van der Waals surface area contributed by atoms with Gasteiger partial charge in [0.1, 0.15) is 0 Å². The first-order chi connectivity index (χ1) is 17.0. The summed E-state index contributed by atoms with van der Waals surface area (Å²) in [6.07, 6.45) is 0. The third kappa shape index (κ3) is 4.80. The molecule has 1 unspecified atom stereocenters. The highest BCUT2D eigenvalue weighted by molar-refractivity contribution is 7.30. The van der Waals surface area contributed by atoms with Crippen molar-refractivity contribution in [3.05, 3.63) is 83.1 Å². The summed E-state index contributed by atoms with van der Waals surface area (Å²) in [5.74, 6) is 1.28. The molecule has 1 atom stereocenters. The van der Waals surface area contributed by atoms with Crippen molar-refractivity contribution >= 4 is 68.0 Å². The van der Waals surface area contributed by atoms with E-state index < -0.39 is 0 Å². The molecule has 6 aromatic rings. The van der Waals surface area contributed by atoms with Gasteiger partial charge in [-0.25, -0.2) is 0 Å².